The minimum Gasteiger partial charge on any atom is -0.497 e. The van der Waals surface area contributed by atoms with Gasteiger partial charge in [0.2, 0.25) is 11.8 Å². The predicted octanol–water partition coefficient (Wildman–Crippen LogP) is 3.05. The Morgan fingerprint density at radius 1 is 1.35 bits per heavy atom. The Morgan fingerprint density at radius 2 is 2.15 bits per heavy atom. The molecule has 0 aliphatic heterocycles. The SMILES string of the molecule is COc1ccc(Br)c(-c2nnc(CCNC(C)C)o2)c1. The first-order chi connectivity index (χ1) is 9.60. The van der Waals surface area contributed by atoms with Gasteiger partial charge in [0.25, 0.3) is 0 Å². The number of aromatic nitrogens is 2. The van der Waals surface area contributed by atoms with Crippen molar-refractivity contribution in [2.24, 2.45) is 0 Å². The second-order valence-electron chi connectivity index (χ2n) is 4.71. The second kappa shape index (κ2) is 6.85. The van der Waals surface area contributed by atoms with E-state index in [-0.39, 0.29) is 0 Å². The normalized spacial score (nSPS) is 11.1. The lowest BCUT2D eigenvalue weighted by molar-refractivity contribution is 0.414. The Morgan fingerprint density at radius 3 is 2.85 bits per heavy atom. The van der Waals surface area contributed by atoms with Crippen LogP contribution in [0, 0.1) is 0 Å². The van der Waals surface area contributed by atoms with Crippen LogP contribution in [0.25, 0.3) is 11.5 Å². The van der Waals surface area contributed by atoms with Gasteiger partial charge < -0.3 is 14.5 Å². The fourth-order valence-electron chi connectivity index (χ4n) is 1.73. The molecule has 0 aliphatic rings. The summed E-state index contributed by atoms with van der Waals surface area (Å²) in [6.45, 7) is 5.03. The number of hydrogen-bond acceptors (Lipinski definition) is 5. The third-order valence-electron chi connectivity index (χ3n) is 2.76. The van der Waals surface area contributed by atoms with Gasteiger partial charge in [-0.05, 0) is 34.1 Å². The highest BCUT2D eigenvalue weighted by atomic mass is 79.9. The summed E-state index contributed by atoms with van der Waals surface area (Å²) >= 11 is 3.48. The maximum absolute atomic E-state index is 5.68. The summed E-state index contributed by atoms with van der Waals surface area (Å²) in [7, 11) is 1.63. The van der Waals surface area contributed by atoms with Gasteiger partial charge >= 0.3 is 0 Å². The topological polar surface area (TPSA) is 60.2 Å². The van der Waals surface area contributed by atoms with E-state index >= 15 is 0 Å². The minimum atomic E-state index is 0.449. The molecule has 0 atom stereocenters. The molecule has 2 aromatic rings. The lowest BCUT2D eigenvalue weighted by Gasteiger charge is -2.05. The third kappa shape index (κ3) is 3.80. The molecule has 0 spiro atoms. The van der Waals surface area contributed by atoms with Crippen LogP contribution >= 0.6 is 15.9 Å². The van der Waals surface area contributed by atoms with Gasteiger partial charge in [-0.15, -0.1) is 10.2 Å². The van der Waals surface area contributed by atoms with Crippen molar-refractivity contribution in [2.75, 3.05) is 13.7 Å². The Kier molecular flexibility index (Phi) is 5.14. The van der Waals surface area contributed by atoms with Crippen molar-refractivity contribution in [1.82, 2.24) is 15.5 Å². The van der Waals surface area contributed by atoms with Gasteiger partial charge in [-0.25, -0.2) is 0 Å². The van der Waals surface area contributed by atoms with Crippen LogP contribution < -0.4 is 10.1 Å². The fourth-order valence-corrected chi connectivity index (χ4v) is 2.14. The molecule has 108 valence electrons. The van der Waals surface area contributed by atoms with Crippen molar-refractivity contribution in [3.05, 3.63) is 28.6 Å². The molecule has 0 bridgehead atoms. The standard InChI is InChI=1S/C14H18BrN3O2/c1-9(2)16-7-6-13-17-18-14(20-13)11-8-10(19-3)4-5-12(11)15/h4-5,8-9,16H,6-7H2,1-3H3. The van der Waals surface area contributed by atoms with Gasteiger partial charge in [-0.3, -0.25) is 0 Å². The molecule has 6 heteroatoms. The van der Waals surface area contributed by atoms with Crippen LogP contribution in [-0.2, 0) is 6.42 Å². The Labute approximate surface area is 126 Å². The quantitative estimate of drug-likeness (QED) is 0.876. The molecule has 1 N–H and O–H groups in total. The summed E-state index contributed by atoms with van der Waals surface area (Å²) in [4.78, 5) is 0. The smallest absolute Gasteiger partial charge is 0.249 e. The molecule has 0 aliphatic carbocycles. The van der Waals surface area contributed by atoms with Crippen LogP contribution in [0.2, 0.25) is 0 Å². The van der Waals surface area contributed by atoms with Crippen LogP contribution in [0.1, 0.15) is 19.7 Å². The summed E-state index contributed by atoms with van der Waals surface area (Å²) in [6.07, 6.45) is 0.715. The van der Waals surface area contributed by atoms with Crippen LogP contribution in [-0.4, -0.2) is 29.9 Å². The molecule has 0 unspecified atom stereocenters. The van der Waals surface area contributed by atoms with Gasteiger partial charge in [-0.2, -0.15) is 0 Å². The maximum Gasteiger partial charge on any atom is 0.249 e. The zero-order valence-corrected chi connectivity index (χ0v) is 13.4. The molecule has 0 fully saturated rings. The van der Waals surface area contributed by atoms with Crippen molar-refractivity contribution < 1.29 is 9.15 Å². The first-order valence-corrected chi connectivity index (χ1v) is 7.29. The summed E-state index contributed by atoms with van der Waals surface area (Å²) in [6, 6.07) is 6.09. The lowest BCUT2D eigenvalue weighted by atomic mass is 10.2. The van der Waals surface area contributed by atoms with E-state index < -0.39 is 0 Å². The number of benzene rings is 1. The second-order valence-corrected chi connectivity index (χ2v) is 5.56. The van der Waals surface area contributed by atoms with E-state index in [9.17, 15) is 0 Å². The molecule has 2 rings (SSSR count). The van der Waals surface area contributed by atoms with Crippen LogP contribution in [0.15, 0.2) is 27.1 Å². The minimum absolute atomic E-state index is 0.449. The summed E-state index contributed by atoms with van der Waals surface area (Å²) in [5.41, 5.74) is 0.833. The molecular weight excluding hydrogens is 322 g/mol. The van der Waals surface area contributed by atoms with Gasteiger partial charge in [0.1, 0.15) is 5.75 Å². The number of rotatable bonds is 6. The third-order valence-corrected chi connectivity index (χ3v) is 3.45. The molecule has 0 radical (unpaired) electrons. The van der Waals surface area contributed by atoms with Crippen molar-refractivity contribution in [2.45, 2.75) is 26.3 Å². The van der Waals surface area contributed by atoms with E-state index in [2.05, 4.69) is 45.3 Å². The number of methoxy groups -OCH3 is 1. The molecule has 1 aromatic heterocycles. The fraction of sp³-hybridized carbons (Fsp3) is 0.429. The van der Waals surface area contributed by atoms with E-state index in [0.29, 0.717) is 24.2 Å². The molecule has 20 heavy (non-hydrogen) atoms. The van der Waals surface area contributed by atoms with E-state index in [0.717, 1.165) is 22.3 Å². The molecule has 0 amide bonds. The Bertz CT molecular complexity index is 569. The van der Waals surface area contributed by atoms with Crippen LogP contribution in [0.4, 0.5) is 0 Å². The highest BCUT2D eigenvalue weighted by molar-refractivity contribution is 9.10. The summed E-state index contributed by atoms with van der Waals surface area (Å²) in [5, 5.41) is 11.5. The average molecular weight is 340 g/mol. The first kappa shape index (κ1) is 15.0. The van der Waals surface area contributed by atoms with Crippen LogP contribution in [0.5, 0.6) is 5.75 Å². The molecule has 5 nitrogen and oxygen atoms in total. The summed E-state index contributed by atoms with van der Waals surface area (Å²) in [5.74, 6) is 1.88. The Balaban J connectivity index is 2.12. The maximum atomic E-state index is 5.68. The highest BCUT2D eigenvalue weighted by Crippen LogP contribution is 2.30. The van der Waals surface area contributed by atoms with Crippen molar-refractivity contribution in [3.63, 3.8) is 0 Å². The van der Waals surface area contributed by atoms with E-state index in [4.69, 9.17) is 9.15 Å². The number of halogens is 1. The van der Waals surface area contributed by atoms with Crippen LogP contribution in [0.3, 0.4) is 0 Å². The van der Waals surface area contributed by atoms with Gasteiger partial charge in [0, 0.05) is 23.5 Å². The van der Waals surface area contributed by atoms with Gasteiger partial charge in [-0.1, -0.05) is 13.8 Å². The van der Waals surface area contributed by atoms with Gasteiger partial charge in [0.15, 0.2) is 0 Å². The van der Waals surface area contributed by atoms with E-state index in [1.165, 1.54) is 0 Å². The molecule has 0 saturated heterocycles. The number of hydrogen-bond donors (Lipinski definition) is 1. The predicted molar refractivity (Wildman–Crippen MR) is 80.8 cm³/mol. The summed E-state index contributed by atoms with van der Waals surface area (Å²) < 4.78 is 11.8. The lowest BCUT2D eigenvalue weighted by Crippen LogP contribution is -2.25. The number of nitrogens with one attached hydrogen (secondary N) is 1. The largest absolute Gasteiger partial charge is 0.497 e. The number of nitrogens with zero attached hydrogens (tertiary/aromatic N) is 2. The first-order valence-electron chi connectivity index (χ1n) is 6.50. The molecule has 1 aromatic carbocycles. The average Bonchev–Trinajstić information content (AvgIpc) is 2.87. The van der Waals surface area contributed by atoms with Crippen molar-refractivity contribution in [1.29, 1.82) is 0 Å². The monoisotopic (exact) mass is 339 g/mol. The van der Waals surface area contributed by atoms with Crippen molar-refractivity contribution >= 4 is 15.9 Å². The van der Waals surface area contributed by atoms with Gasteiger partial charge in [0.05, 0.1) is 12.7 Å². The van der Waals surface area contributed by atoms with E-state index in [1.807, 2.05) is 18.2 Å². The molecule has 1 heterocycles. The van der Waals surface area contributed by atoms with E-state index in [1.54, 1.807) is 7.11 Å². The number of ether oxygens (including phenoxy) is 1. The zero-order chi connectivity index (χ0) is 14.5. The Hall–Kier alpha value is -1.40. The molecule has 0 saturated carbocycles. The van der Waals surface area contributed by atoms with Crippen molar-refractivity contribution in [3.8, 4) is 17.2 Å². The zero-order valence-electron chi connectivity index (χ0n) is 11.8. The molecular formula is C14H18BrN3O2. The highest BCUT2D eigenvalue weighted by Gasteiger charge is 2.12.